The second-order valence-corrected chi connectivity index (χ2v) is 18.0. The van der Waals surface area contributed by atoms with Crippen LogP contribution in [0.25, 0.3) is 0 Å². The van der Waals surface area contributed by atoms with Gasteiger partial charge in [0.05, 0.1) is 62.9 Å². The third kappa shape index (κ3) is 14.1. The molecule has 5 unspecified atom stereocenters. The highest BCUT2D eigenvalue weighted by Crippen LogP contribution is 2.35. The van der Waals surface area contributed by atoms with E-state index < -0.39 is 63.4 Å². The average molecular weight is 1040 g/mol. The Morgan fingerprint density at radius 2 is 0.913 bits per heavy atom. The minimum atomic E-state index is -1.63. The number of benzene rings is 5. The van der Waals surface area contributed by atoms with Crippen molar-refractivity contribution in [3.05, 3.63) is 129 Å². The van der Waals surface area contributed by atoms with Crippen LogP contribution in [0.5, 0.6) is 11.5 Å². The van der Waals surface area contributed by atoms with Gasteiger partial charge in [0, 0.05) is 34.9 Å². The molecule has 16 nitrogen and oxygen atoms in total. The summed E-state index contributed by atoms with van der Waals surface area (Å²) < 4.78 is 10.6. The molecule has 0 aliphatic heterocycles. The number of nitrogens with zero attached hydrogens (tertiary/aromatic N) is 4. The SMILES string of the molecule is COc1ccc(C(C)Cl)c(NC(=O)c2cc(N=NC(C(C)=O)C(=O)Nc3ccc(NC(=O)C(N=Nc4ccc(Cl)c(C(=O)Nc5cc(OC)ccc5C(C)Cl)c4)C(C)=O)c(C(C)Cl)c3)ccc2Cl)c1. The predicted molar refractivity (Wildman–Crippen MR) is 269 cm³/mol. The largest absolute Gasteiger partial charge is 0.497 e. The molecule has 4 amide bonds. The quantitative estimate of drug-likeness (QED) is 0.0353. The molecule has 5 aromatic carbocycles. The van der Waals surface area contributed by atoms with Crippen molar-refractivity contribution in [1.29, 1.82) is 0 Å². The second-order valence-electron chi connectivity index (χ2n) is 15.2. The molecule has 0 heterocycles. The summed E-state index contributed by atoms with van der Waals surface area (Å²) in [6.45, 7) is 7.43. The maximum atomic E-state index is 13.6. The van der Waals surface area contributed by atoms with Crippen LogP contribution in [0.1, 0.15) is 88.2 Å². The van der Waals surface area contributed by atoms with Gasteiger partial charge < -0.3 is 30.7 Å². The zero-order chi connectivity index (χ0) is 50.7. The zero-order valence-electron chi connectivity index (χ0n) is 38.0. The third-order valence-electron chi connectivity index (χ3n) is 10.1. The van der Waals surface area contributed by atoms with E-state index in [4.69, 9.17) is 67.5 Å². The molecule has 0 spiro atoms. The summed E-state index contributed by atoms with van der Waals surface area (Å²) in [4.78, 5) is 79.3. The number of halogens is 5. The summed E-state index contributed by atoms with van der Waals surface area (Å²) in [5, 5.41) is 25.5. The van der Waals surface area contributed by atoms with Crippen molar-refractivity contribution in [2.24, 2.45) is 20.5 Å². The Labute approximate surface area is 422 Å². The number of azo groups is 2. The van der Waals surface area contributed by atoms with Gasteiger partial charge in [0.1, 0.15) is 11.5 Å². The molecule has 0 aliphatic rings. The standard InChI is InChI=1S/C48H45Cl5N8O8/c1-23(49)33-13-11-31(68-6)21-41(33)56-45(64)36-19-29(8-15-38(36)52)58-60-43(26(4)62)47(66)54-28-10-17-40(35(18-28)25(3)51)55-48(67)44(27(5)63)61-59-30-9-16-39(53)37(20-30)46(65)57-42-22-32(69-7)12-14-34(42)24(2)50/h8-25,43-44H,1-7H3,(H,54,66)(H,55,67)(H,56,64)(H,57,65). The van der Waals surface area contributed by atoms with E-state index >= 15 is 0 Å². The van der Waals surface area contributed by atoms with Crippen molar-refractivity contribution in [2.75, 3.05) is 35.5 Å². The highest BCUT2D eigenvalue weighted by molar-refractivity contribution is 6.35. The molecule has 0 saturated carbocycles. The van der Waals surface area contributed by atoms with Crippen molar-refractivity contribution in [2.45, 2.75) is 62.8 Å². The van der Waals surface area contributed by atoms with Crippen LogP contribution in [0.4, 0.5) is 34.1 Å². The molecule has 21 heteroatoms. The van der Waals surface area contributed by atoms with E-state index in [0.717, 1.165) is 13.8 Å². The lowest BCUT2D eigenvalue weighted by molar-refractivity contribution is -0.127. The van der Waals surface area contributed by atoms with Gasteiger partial charge in [0.25, 0.3) is 23.6 Å². The summed E-state index contributed by atoms with van der Waals surface area (Å²) in [7, 11) is 2.97. The molecule has 0 saturated heterocycles. The van der Waals surface area contributed by atoms with Crippen molar-refractivity contribution < 1.29 is 38.2 Å². The van der Waals surface area contributed by atoms with E-state index in [0.29, 0.717) is 39.6 Å². The fourth-order valence-corrected chi connectivity index (χ4v) is 7.46. The molecule has 0 aliphatic carbocycles. The average Bonchev–Trinajstić information content (AvgIpc) is 3.29. The first-order valence-electron chi connectivity index (χ1n) is 20.8. The van der Waals surface area contributed by atoms with Gasteiger partial charge in [-0.2, -0.15) is 20.5 Å². The summed E-state index contributed by atoms with van der Waals surface area (Å²) >= 11 is 32.0. The summed E-state index contributed by atoms with van der Waals surface area (Å²) in [5.74, 6) is -3.21. The van der Waals surface area contributed by atoms with Crippen molar-refractivity contribution in [1.82, 2.24) is 0 Å². The number of hydrogen-bond donors (Lipinski definition) is 4. The lowest BCUT2D eigenvalue weighted by atomic mass is 10.1. The Morgan fingerprint density at radius 3 is 1.30 bits per heavy atom. The maximum absolute atomic E-state index is 13.6. The van der Waals surface area contributed by atoms with Crippen molar-refractivity contribution in [3.8, 4) is 11.5 Å². The fraction of sp³-hybridized carbons (Fsp3) is 0.250. The number of ketones is 2. The monoisotopic (exact) mass is 1040 g/mol. The Bertz CT molecular complexity index is 2860. The maximum Gasteiger partial charge on any atom is 0.258 e. The molecule has 4 N–H and O–H groups in total. The molecule has 0 aromatic heterocycles. The highest BCUT2D eigenvalue weighted by atomic mass is 35.5. The van der Waals surface area contributed by atoms with Crippen LogP contribution >= 0.6 is 58.0 Å². The number of alkyl halides is 3. The summed E-state index contributed by atoms with van der Waals surface area (Å²) in [6.07, 6.45) is 0. The number of amides is 4. The van der Waals surface area contributed by atoms with Crippen molar-refractivity contribution >= 4 is 127 Å². The number of methoxy groups -OCH3 is 2. The van der Waals surface area contributed by atoms with E-state index in [1.165, 1.54) is 68.8 Å². The lowest BCUT2D eigenvalue weighted by Crippen LogP contribution is -2.32. The molecule has 360 valence electrons. The first-order valence-corrected chi connectivity index (χ1v) is 22.9. The Balaban J connectivity index is 1.29. The van der Waals surface area contributed by atoms with Crippen LogP contribution < -0.4 is 30.7 Å². The molecule has 0 radical (unpaired) electrons. The second kappa shape index (κ2) is 24.2. The highest BCUT2D eigenvalue weighted by Gasteiger charge is 2.27. The zero-order valence-corrected chi connectivity index (χ0v) is 41.8. The number of carbonyl (C=O) groups is 6. The Kier molecular flexibility index (Phi) is 18.8. The first kappa shape index (κ1) is 53.5. The molecular formula is C48H45Cl5N8O8. The van der Waals surface area contributed by atoms with Gasteiger partial charge in [-0.1, -0.05) is 35.3 Å². The normalized spacial score (nSPS) is 13.4. The number of rotatable bonds is 19. The van der Waals surface area contributed by atoms with Gasteiger partial charge in [0.15, 0.2) is 11.6 Å². The topological polar surface area (TPSA) is 218 Å². The first-order chi connectivity index (χ1) is 32.7. The summed E-state index contributed by atoms with van der Waals surface area (Å²) in [5.41, 5.74) is 3.05. The minimum Gasteiger partial charge on any atom is -0.497 e. The van der Waals surface area contributed by atoms with Gasteiger partial charge in [-0.15, -0.1) is 34.8 Å². The van der Waals surface area contributed by atoms with Crippen LogP contribution in [-0.2, 0) is 19.2 Å². The number of carbonyl (C=O) groups excluding carboxylic acids is 6. The molecule has 69 heavy (non-hydrogen) atoms. The number of Topliss-reactive ketones (excluding diaryl/α,β-unsaturated/α-hetero) is 2. The number of hydrogen-bond acceptors (Lipinski definition) is 12. The van der Waals surface area contributed by atoms with Crippen LogP contribution in [-0.4, -0.2) is 61.5 Å². The van der Waals surface area contributed by atoms with E-state index in [2.05, 4.69) is 41.7 Å². The number of ether oxygens (including phenoxy) is 2. The fourth-order valence-electron chi connectivity index (χ4n) is 6.49. The molecule has 5 aromatic rings. The Hall–Kier alpha value is -6.43. The van der Waals surface area contributed by atoms with Crippen molar-refractivity contribution in [3.63, 3.8) is 0 Å². The van der Waals surface area contributed by atoms with Crippen LogP contribution in [0.2, 0.25) is 10.0 Å². The predicted octanol–water partition coefficient (Wildman–Crippen LogP) is 12.8. The van der Waals surface area contributed by atoms with E-state index in [1.54, 1.807) is 57.2 Å². The lowest BCUT2D eigenvalue weighted by Gasteiger charge is -2.17. The van der Waals surface area contributed by atoms with Gasteiger partial charge in [-0.05, 0) is 118 Å². The van der Waals surface area contributed by atoms with E-state index in [-0.39, 0.29) is 43.9 Å². The molecule has 5 rings (SSSR count). The Morgan fingerprint density at radius 1 is 0.493 bits per heavy atom. The minimum absolute atomic E-state index is 0.0261. The summed E-state index contributed by atoms with van der Waals surface area (Å²) in [6, 6.07) is 19.6. The molecule has 5 atom stereocenters. The number of nitrogens with one attached hydrogen (secondary N) is 4. The number of anilines is 4. The van der Waals surface area contributed by atoms with Crippen LogP contribution in [0.3, 0.4) is 0 Å². The van der Waals surface area contributed by atoms with Crippen LogP contribution in [0.15, 0.2) is 111 Å². The van der Waals surface area contributed by atoms with Crippen LogP contribution in [0, 0.1) is 0 Å². The van der Waals surface area contributed by atoms with Gasteiger partial charge >= 0.3 is 0 Å². The smallest absolute Gasteiger partial charge is 0.258 e. The van der Waals surface area contributed by atoms with E-state index in [9.17, 15) is 28.8 Å². The van der Waals surface area contributed by atoms with E-state index in [1.807, 2.05) is 0 Å². The third-order valence-corrected chi connectivity index (χ3v) is 11.5. The van der Waals surface area contributed by atoms with Gasteiger partial charge in [-0.3, -0.25) is 28.8 Å². The van der Waals surface area contributed by atoms with Gasteiger partial charge in [-0.25, -0.2) is 0 Å². The molecule has 0 fully saturated rings. The van der Waals surface area contributed by atoms with Gasteiger partial charge in [0.2, 0.25) is 12.1 Å². The molecule has 0 bridgehead atoms. The molecular weight excluding hydrogens is 994 g/mol.